The summed E-state index contributed by atoms with van der Waals surface area (Å²) in [5.74, 6) is 0.382. The van der Waals surface area contributed by atoms with E-state index in [1.165, 1.54) is 6.08 Å². The Bertz CT molecular complexity index is 1440. The van der Waals surface area contributed by atoms with E-state index in [1.54, 1.807) is 49.4 Å². The van der Waals surface area contributed by atoms with E-state index >= 15 is 0 Å². The summed E-state index contributed by atoms with van der Waals surface area (Å²) in [6, 6.07) is 15.0. The zero-order valence-electron chi connectivity index (χ0n) is 23.7. The maximum Gasteiger partial charge on any atom is 0.259 e. The van der Waals surface area contributed by atoms with Gasteiger partial charge in [0, 0.05) is 44.7 Å². The maximum atomic E-state index is 13.8. The molecule has 0 aliphatic heterocycles. The molecule has 0 bridgehead atoms. The van der Waals surface area contributed by atoms with Gasteiger partial charge in [-0.25, -0.2) is 4.98 Å². The number of nitrogens with one attached hydrogen (secondary N) is 2. The number of aryl methyl sites for hydroxylation is 2. The van der Waals surface area contributed by atoms with Gasteiger partial charge in [-0.15, -0.1) is 0 Å². The van der Waals surface area contributed by atoms with Gasteiger partial charge < -0.3 is 25.2 Å². The molecule has 2 aromatic carbocycles. The quantitative estimate of drug-likeness (QED) is 0.332. The van der Waals surface area contributed by atoms with Crippen LogP contribution < -0.4 is 10.6 Å². The number of rotatable bonds is 11. The molecule has 3 aromatic rings. The molecule has 1 heterocycles. The van der Waals surface area contributed by atoms with Gasteiger partial charge in [-0.1, -0.05) is 0 Å². The zero-order valence-corrected chi connectivity index (χ0v) is 23.7. The van der Waals surface area contributed by atoms with Gasteiger partial charge >= 0.3 is 0 Å². The van der Waals surface area contributed by atoms with E-state index in [-0.39, 0.29) is 18.5 Å². The van der Waals surface area contributed by atoms with Crippen LogP contribution in [0.25, 0.3) is 6.08 Å². The molecule has 2 N–H and O–H groups in total. The Morgan fingerprint density at radius 2 is 1.70 bits per heavy atom. The monoisotopic (exact) mass is 538 g/mol. The second kappa shape index (κ2) is 13.9. The number of allylic oxidation sites excluding steroid dienone is 1. The molecule has 0 unspecified atom stereocenters. The normalized spacial score (nSPS) is 10.8. The first kappa shape index (κ1) is 29.8. The summed E-state index contributed by atoms with van der Waals surface area (Å²) in [5.41, 5.74) is 5.52. The summed E-state index contributed by atoms with van der Waals surface area (Å²) < 4.78 is 5.44. The predicted octanol–water partition coefficient (Wildman–Crippen LogP) is 4.77. The SMILES string of the molecule is COCc1nc(Nc2ccc(C#N)cc2)nc(Nc2c(C)cc(/C=C/C#N)cc2C)c1C(=O)N(C)CCN(C)C. The number of likely N-dealkylation sites (N-methyl/N-ethyl adjacent to an activating group) is 2. The molecule has 0 spiro atoms. The van der Waals surface area contributed by atoms with Crippen molar-refractivity contribution in [3.63, 3.8) is 0 Å². The van der Waals surface area contributed by atoms with Gasteiger partial charge in [0.15, 0.2) is 0 Å². The molecule has 0 fully saturated rings. The standard InChI is InChI=1S/C30H34N8O2/c1-20-16-23(8-7-13-31)17-21(2)27(20)35-28-26(29(39)38(5)15-14-37(3)4)25(19-40-6)34-30(36-28)33-24-11-9-22(18-32)10-12-24/h7-12,16-17H,14-15,19H2,1-6H3,(H2,33,34,35,36)/b8-7+. The van der Waals surface area contributed by atoms with Crippen LogP contribution >= 0.6 is 0 Å². The molecule has 10 heteroatoms. The average molecular weight is 539 g/mol. The Labute approximate surface area is 235 Å². The Morgan fingerprint density at radius 1 is 1.02 bits per heavy atom. The summed E-state index contributed by atoms with van der Waals surface area (Å²) >= 11 is 0. The highest BCUT2D eigenvalue weighted by molar-refractivity contribution is 6.00. The molecule has 0 atom stereocenters. The van der Waals surface area contributed by atoms with E-state index in [0.29, 0.717) is 41.4 Å². The smallest absolute Gasteiger partial charge is 0.259 e. The van der Waals surface area contributed by atoms with Crippen molar-refractivity contribution < 1.29 is 9.53 Å². The van der Waals surface area contributed by atoms with E-state index < -0.39 is 0 Å². The Morgan fingerprint density at radius 3 is 2.27 bits per heavy atom. The number of carbonyl (C=O) groups is 1. The fraction of sp³-hybridized carbons (Fsp3) is 0.300. The number of hydrogen-bond donors (Lipinski definition) is 2. The van der Waals surface area contributed by atoms with Crippen molar-refractivity contribution >= 4 is 35.1 Å². The van der Waals surface area contributed by atoms with Crippen LogP contribution in [0.5, 0.6) is 0 Å². The number of aromatic nitrogens is 2. The number of hydrogen-bond acceptors (Lipinski definition) is 9. The van der Waals surface area contributed by atoms with Gasteiger partial charge in [-0.05, 0) is 87.1 Å². The van der Waals surface area contributed by atoms with Crippen LogP contribution in [0.2, 0.25) is 0 Å². The van der Waals surface area contributed by atoms with Crippen molar-refractivity contribution in [2.75, 3.05) is 52.0 Å². The molecule has 40 heavy (non-hydrogen) atoms. The first-order valence-corrected chi connectivity index (χ1v) is 12.7. The molecule has 0 saturated heterocycles. The third kappa shape index (κ3) is 7.64. The highest BCUT2D eigenvalue weighted by Gasteiger charge is 2.25. The second-order valence-corrected chi connectivity index (χ2v) is 9.61. The molecule has 10 nitrogen and oxygen atoms in total. The fourth-order valence-electron chi connectivity index (χ4n) is 4.06. The zero-order chi connectivity index (χ0) is 29.2. The van der Waals surface area contributed by atoms with Crippen LogP contribution in [0.3, 0.4) is 0 Å². The van der Waals surface area contributed by atoms with Gasteiger partial charge in [-0.3, -0.25) is 4.79 Å². The van der Waals surface area contributed by atoms with Crippen LogP contribution in [0.1, 0.15) is 38.3 Å². The molecule has 0 aliphatic carbocycles. The van der Waals surface area contributed by atoms with Crippen LogP contribution in [-0.2, 0) is 11.3 Å². The van der Waals surface area contributed by atoms with Crippen LogP contribution in [0.4, 0.5) is 23.1 Å². The van der Waals surface area contributed by atoms with Crippen LogP contribution in [0, 0.1) is 36.5 Å². The van der Waals surface area contributed by atoms with Gasteiger partial charge in [0.2, 0.25) is 5.95 Å². The highest BCUT2D eigenvalue weighted by atomic mass is 16.5. The van der Waals surface area contributed by atoms with Crippen LogP contribution in [0.15, 0.2) is 42.5 Å². The largest absolute Gasteiger partial charge is 0.378 e. The minimum Gasteiger partial charge on any atom is -0.378 e. The Hall–Kier alpha value is -4.77. The van der Waals surface area contributed by atoms with Crippen molar-refractivity contribution in [2.45, 2.75) is 20.5 Å². The van der Waals surface area contributed by atoms with Gasteiger partial charge in [0.25, 0.3) is 5.91 Å². The molecule has 0 radical (unpaired) electrons. The van der Waals surface area contributed by atoms with Gasteiger partial charge in [-0.2, -0.15) is 15.5 Å². The summed E-state index contributed by atoms with van der Waals surface area (Å²) in [6.07, 6.45) is 3.18. The summed E-state index contributed by atoms with van der Waals surface area (Å²) in [6.45, 7) is 5.21. The highest BCUT2D eigenvalue weighted by Crippen LogP contribution is 2.30. The average Bonchev–Trinajstić information content (AvgIpc) is 2.92. The lowest BCUT2D eigenvalue weighted by Crippen LogP contribution is -2.35. The van der Waals surface area contributed by atoms with Gasteiger partial charge in [0.05, 0.1) is 30.0 Å². The van der Waals surface area contributed by atoms with Crippen molar-refractivity contribution in [1.82, 2.24) is 19.8 Å². The van der Waals surface area contributed by atoms with Crippen molar-refractivity contribution in [3.05, 3.63) is 76.0 Å². The van der Waals surface area contributed by atoms with Gasteiger partial charge in [0.1, 0.15) is 11.4 Å². The topological polar surface area (TPSA) is 130 Å². The predicted molar refractivity (Wildman–Crippen MR) is 157 cm³/mol. The summed E-state index contributed by atoms with van der Waals surface area (Å²) in [5, 5.41) is 24.6. The number of benzene rings is 2. The number of carbonyl (C=O) groups excluding carboxylic acids is 1. The van der Waals surface area contributed by atoms with E-state index in [0.717, 1.165) is 22.4 Å². The number of methoxy groups -OCH3 is 1. The molecular weight excluding hydrogens is 504 g/mol. The fourth-order valence-corrected chi connectivity index (χ4v) is 4.06. The number of ether oxygens (including phenoxy) is 1. The molecule has 0 aliphatic rings. The molecule has 3 rings (SSSR count). The van der Waals surface area contributed by atoms with Crippen LogP contribution in [-0.4, -0.2) is 67.0 Å². The number of amides is 1. The number of anilines is 4. The molecule has 0 saturated carbocycles. The van der Waals surface area contributed by atoms with Crippen molar-refractivity contribution in [3.8, 4) is 12.1 Å². The number of nitrogens with zero attached hydrogens (tertiary/aromatic N) is 6. The van der Waals surface area contributed by atoms with E-state index in [1.807, 2.05) is 51.0 Å². The lowest BCUT2D eigenvalue weighted by Gasteiger charge is -2.23. The molecule has 1 amide bonds. The first-order chi connectivity index (χ1) is 19.2. The lowest BCUT2D eigenvalue weighted by molar-refractivity contribution is 0.0781. The van der Waals surface area contributed by atoms with E-state index in [2.05, 4.69) is 21.7 Å². The third-order valence-corrected chi connectivity index (χ3v) is 6.13. The molecule has 1 aromatic heterocycles. The number of nitriles is 2. The minimum atomic E-state index is -0.231. The molecule has 206 valence electrons. The van der Waals surface area contributed by atoms with E-state index in [9.17, 15) is 4.79 Å². The molecular formula is C30H34N8O2. The maximum absolute atomic E-state index is 13.8. The second-order valence-electron chi connectivity index (χ2n) is 9.61. The Kier molecular flexibility index (Phi) is 10.3. The Balaban J connectivity index is 2.13. The van der Waals surface area contributed by atoms with Crippen molar-refractivity contribution in [2.24, 2.45) is 0 Å². The summed E-state index contributed by atoms with van der Waals surface area (Å²) in [7, 11) is 7.21. The first-order valence-electron chi connectivity index (χ1n) is 12.7. The minimum absolute atomic E-state index is 0.0949. The summed E-state index contributed by atoms with van der Waals surface area (Å²) in [4.78, 5) is 26.8. The van der Waals surface area contributed by atoms with E-state index in [4.69, 9.17) is 20.2 Å². The van der Waals surface area contributed by atoms with Crippen molar-refractivity contribution in [1.29, 1.82) is 10.5 Å². The lowest BCUT2D eigenvalue weighted by atomic mass is 10.0. The third-order valence-electron chi connectivity index (χ3n) is 6.13.